The fourth-order valence-corrected chi connectivity index (χ4v) is 1.20. The second kappa shape index (κ2) is 3.99. The number of nitriles is 1. The van der Waals surface area contributed by atoms with E-state index in [4.69, 9.17) is 10.4 Å². The zero-order chi connectivity index (χ0) is 10.7. The molecule has 0 aliphatic heterocycles. The third-order valence-electron chi connectivity index (χ3n) is 1.95. The molecule has 1 atom stereocenters. The summed E-state index contributed by atoms with van der Waals surface area (Å²) in [5.41, 5.74) is 0.660. The Morgan fingerprint density at radius 3 is 2.36 bits per heavy atom. The maximum atomic E-state index is 9.25. The summed E-state index contributed by atoms with van der Waals surface area (Å²) in [5.74, 6) is -0.381. The molecule has 0 aromatic heterocycles. The van der Waals surface area contributed by atoms with Gasteiger partial charge in [-0.25, -0.2) is 0 Å². The molecule has 1 rings (SSSR count). The van der Waals surface area contributed by atoms with Crippen molar-refractivity contribution in [1.29, 1.82) is 5.26 Å². The van der Waals surface area contributed by atoms with Gasteiger partial charge in [-0.05, 0) is 31.8 Å². The van der Waals surface area contributed by atoms with Crippen molar-refractivity contribution in [1.82, 2.24) is 4.90 Å². The number of aromatic hydroxyl groups is 2. The Bertz CT molecular complexity index is 369. The summed E-state index contributed by atoms with van der Waals surface area (Å²) >= 11 is 0. The van der Waals surface area contributed by atoms with Crippen LogP contribution in [0.25, 0.3) is 0 Å². The quantitative estimate of drug-likeness (QED) is 0.691. The lowest BCUT2D eigenvalue weighted by Crippen LogP contribution is -2.18. The van der Waals surface area contributed by atoms with E-state index < -0.39 is 6.04 Å². The topological polar surface area (TPSA) is 67.5 Å². The van der Waals surface area contributed by atoms with Gasteiger partial charge in [0.25, 0.3) is 0 Å². The molecule has 1 aromatic carbocycles. The van der Waals surface area contributed by atoms with E-state index in [9.17, 15) is 5.11 Å². The molecule has 1 aromatic rings. The minimum atomic E-state index is -0.415. The summed E-state index contributed by atoms with van der Waals surface area (Å²) in [6.07, 6.45) is 0. The number of hydrogen-bond acceptors (Lipinski definition) is 4. The van der Waals surface area contributed by atoms with Crippen LogP contribution in [0.5, 0.6) is 11.5 Å². The van der Waals surface area contributed by atoms with Gasteiger partial charge in [-0.2, -0.15) is 5.26 Å². The van der Waals surface area contributed by atoms with Gasteiger partial charge >= 0.3 is 0 Å². The fraction of sp³-hybridized carbons (Fsp3) is 0.300. The van der Waals surface area contributed by atoms with Gasteiger partial charge in [0.15, 0.2) is 11.5 Å². The van der Waals surface area contributed by atoms with E-state index in [0.717, 1.165) is 0 Å². The predicted molar refractivity (Wildman–Crippen MR) is 51.8 cm³/mol. The third-order valence-corrected chi connectivity index (χ3v) is 1.95. The van der Waals surface area contributed by atoms with Crippen LogP contribution in [-0.4, -0.2) is 29.2 Å². The van der Waals surface area contributed by atoms with Crippen molar-refractivity contribution in [3.05, 3.63) is 23.8 Å². The zero-order valence-corrected chi connectivity index (χ0v) is 8.10. The first kappa shape index (κ1) is 10.4. The molecular weight excluding hydrogens is 180 g/mol. The molecule has 0 aliphatic rings. The third kappa shape index (κ3) is 1.95. The second-order valence-electron chi connectivity index (χ2n) is 3.24. The Labute approximate surface area is 82.6 Å². The van der Waals surface area contributed by atoms with Crippen molar-refractivity contribution < 1.29 is 10.2 Å². The van der Waals surface area contributed by atoms with Crippen LogP contribution < -0.4 is 0 Å². The molecule has 0 saturated carbocycles. The number of benzene rings is 1. The molecule has 0 bridgehead atoms. The molecule has 4 heteroatoms. The van der Waals surface area contributed by atoms with Crippen LogP contribution in [-0.2, 0) is 0 Å². The minimum Gasteiger partial charge on any atom is -0.504 e. The molecular formula is C10H12N2O2. The van der Waals surface area contributed by atoms with E-state index in [1.807, 2.05) is 0 Å². The van der Waals surface area contributed by atoms with Gasteiger partial charge in [0.05, 0.1) is 6.07 Å². The Morgan fingerprint density at radius 2 is 1.93 bits per heavy atom. The first-order valence-electron chi connectivity index (χ1n) is 4.14. The van der Waals surface area contributed by atoms with E-state index in [-0.39, 0.29) is 11.5 Å². The molecule has 0 fully saturated rings. The summed E-state index contributed by atoms with van der Waals surface area (Å²) in [4.78, 5) is 1.73. The summed E-state index contributed by atoms with van der Waals surface area (Å²) in [6.45, 7) is 0. The SMILES string of the molecule is CN(C)C(C#N)c1ccc(O)c(O)c1. The van der Waals surface area contributed by atoms with Crippen LogP contribution >= 0.6 is 0 Å². The Hall–Kier alpha value is -1.73. The maximum Gasteiger partial charge on any atom is 0.157 e. The predicted octanol–water partition coefficient (Wildman–Crippen LogP) is 1.22. The van der Waals surface area contributed by atoms with Crippen molar-refractivity contribution in [3.8, 4) is 17.6 Å². The summed E-state index contributed by atoms with van der Waals surface area (Å²) < 4.78 is 0. The molecule has 1 unspecified atom stereocenters. The monoisotopic (exact) mass is 192 g/mol. The lowest BCUT2D eigenvalue weighted by atomic mass is 10.1. The first-order valence-corrected chi connectivity index (χ1v) is 4.14. The highest BCUT2D eigenvalue weighted by Crippen LogP contribution is 2.28. The number of rotatable bonds is 2. The summed E-state index contributed by atoms with van der Waals surface area (Å²) in [5, 5.41) is 27.2. The average molecular weight is 192 g/mol. The van der Waals surface area contributed by atoms with Crippen LogP contribution in [0.2, 0.25) is 0 Å². The molecule has 0 heterocycles. The van der Waals surface area contributed by atoms with E-state index in [2.05, 4.69) is 6.07 Å². The van der Waals surface area contributed by atoms with Crippen molar-refractivity contribution in [2.24, 2.45) is 0 Å². The molecule has 0 spiro atoms. The largest absolute Gasteiger partial charge is 0.504 e. The molecule has 74 valence electrons. The van der Waals surface area contributed by atoms with Crippen molar-refractivity contribution in [3.63, 3.8) is 0 Å². The van der Waals surface area contributed by atoms with Gasteiger partial charge in [-0.15, -0.1) is 0 Å². The second-order valence-corrected chi connectivity index (χ2v) is 3.24. The zero-order valence-electron chi connectivity index (χ0n) is 8.10. The van der Waals surface area contributed by atoms with Crippen molar-refractivity contribution in [2.45, 2.75) is 6.04 Å². The first-order chi connectivity index (χ1) is 6.56. The van der Waals surface area contributed by atoms with Crippen molar-refractivity contribution >= 4 is 0 Å². The fourth-order valence-electron chi connectivity index (χ4n) is 1.20. The Kier molecular flexibility index (Phi) is 2.95. The van der Waals surface area contributed by atoms with E-state index >= 15 is 0 Å². The van der Waals surface area contributed by atoms with Gasteiger partial charge < -0.3 is 10.2 Å². The maximum absolute atomic E-state index is 9.25. The van der Waals surface area contributed by atoms with Crippen molar-refractivity contribution in [2.75, 3.05) is 14.1 Å². The number of phenols is 2. The molecule has 2 N–H and O–H groups in total. The number of hydrogen-bond donors (Lipinski definition) is 2. The Balaban J connectivity index is 3.08. The normalized spacial score (nSPS) is 12.4. The lowest BCUT2D eigenvalue weighted by molar-refractivity contribution is 0.354. The van der Waals surface area contributed by atoms with Crippen LogP contribution in [0.3, 0.4) is 0 Å². The standard InChI is InChI=1S/C10H12N2O2/c1-12(2)8(6-11)7-3-4-9(13)10(14)5-7/h3-5,8,13-14H,1-2H3. The van der Waals surface area contributed by atoms with Gasteiger partial charge in [0, 0.05) is 0 Å². The Morgan fingerprint density at radius 1 is 1.29 bits per heavy atom. The highest BCUT2D eigenvalue weighted by molar-refractivity contribution is 5.42. The highest BCUT2D eigenvalue weighted by atomic mass is 16.3. The van der Waals surface area contributed by atoms with Gasteiger partial charge in [0.2, 0.25) is 0 Å². The van der Waals surface area contributed by atoms with Gasteiger partial charge in [-0.1, -0.05) is 6.07 Å². The summed E-state index contributed by atoms with van der Waals surface area (Å²) in [7, 11) is 3.55. The molecule has 0 radical (unpaired) electrons. The number of nitrogens with zero attached hydrogens (tertiary/aromatic N) is 2. The van der Waals surface area contributed by atoms with Gasteiger partial charge in [0.1, 0.15) is 6.04 Å². The van der Waals surface area contributed by atoms with E-state index in [1.165, 1.54) is 12.1 Å². The highest BCUT2D eigenvalue weighted by Gasteiger charge is 2.14. The molecule has 0 amide bonds. The van der Waals surface area contributed by atoms with E-state index in [0.29, 0.717) is 5.56 Å². The molecule has 4 nitrogen and oxygen atoms in total. The lowest BCUT2D eigenvalue weighted by Gasteiger charge is -2.17. The van der Waals surface area contributed by atoms with Crippen LogP contribution in [0.15, 0.2) is 18.2 Å². The number of phenolic OH excluding ortho intramolecular Hbond substituents is 2. The van der Waals surface area contributed by atoms with Crippen LogP contribution in [0.1, 0.15) is 11.6 Å². The molecule has 14 heavy (non-hydrogen) atoms. The average Bonchev–Trinajstić information content (AvgIpc) is 2.11. The van der Waals surface area contributed by atoms with E-state index in [1.54, 1.807) is 25.1 Å². The van der Waals surface area contributed by atoms with Crippen LogP contribution in [0.4, 0.5) is 0 Å². The smallest absolute Gasteiger partial charge is 0.157 e. The van der Waals surface area contributed by atoms with Crippen LogP contribution in [0, 0.1) is 11.3 Å². The molecule has 0 saturated heterocycles. The molecule has 0 aliphatic carbocycles. The van der Waals surface area contributed by atoms with Gasteiger partial charge in [-0.3, -0.25) is 4.90 Å². The summed E-state index contributed by atoms with van der Waals surface area (Å²) in [6, 6.07) is 6.06. The minimum absolute atomic E-state index is 0.177.